The van der Waals surface area contributed by atoms with Gasteiger partial charge in [0.15, 0.2) is 0 Å². The maximum Gasteiger partial charge on any atom is 0.138 e. The van der Waals surface area contributed by atoms with Crippen molar-refractivity contribution in [1.29, 1.82) is 0 Å². The van der Waals surface area contributed by atoms with Crippen molar-refractivity contribution in [3.63, 3.8) is 0 Å². The van der Waals surface area contributed by atoms with Crippen LogP contribution in [0.3, 0.4) is 0 Å². The van der Waals surface area contributed by atoms with Crippen LogP contribution in [0.1, 0.15) is 12.7 Å². The summed E-state index contributed by atoms with van der Waals surface area (Å²) < 4.78 is 12.1. The highest BCUT2D eigenvalue weighted by Gasteiger charge is 2.09. The van der Waals surface area contributed by atoms with E-state index >= 15 is 0 Å². The van der Waals surface area contributed by atoms with Gasteiger partial charge in [-0.1, -0.05) is 0 Å². The van der Waals surface area contributed by atoms with Crippen LogP contribution in [0.25, 0.3) is 0 Å². The molecule has 0 aliphatic rings. The average Bonchev–Trinajstić information content (AvgIpc) is 2.71. The van der Waals surface area contributed by atoms with Gasteiger partial charge in [0.05, 0.1) is 19.8 Å². The molecular weight excluding hydrogens is 208 g/mol. The highest BCUT2D eigenvalue weighted by atomic mass is 16.5. The second-order valence-electron chi connectivity index (χ2n) is 3.52. The molecule has 1 unspecified atom stereocenters. The van der Waals surface area contributed by atoms with Gasteiger partial charge in [0, 0.05) is 26.1 Å². The van der Waals surface area contributed by atoms with E-state index in [-0.39, 0.29) is 6.04 Å². The second-order valence-corrected chi connectivity index (χ2v) is 3.52. The van der Waals surface area contributed by atoms with E-state index in [2.05, 4.69) is 10.1 Å². The predicted octanol–water partition coefficient (Wildman–Crippen LogP) is -0.169. The molecule has 0 radical (unpaired) electrons. The van der Waals surface area contributed by atoms with Crippen LogP contribution in [0, 0.1) is 0 Å². The summed E-state index contributed by atoms with van der Waals surface area (Å²) in [6.45, 7) is 4.52. The quantitative estimate of drug-likeness (QED) is 0.625. The van der Waals surface area contributed by atoms with E-state index in [1.54, 1.807) is 13.4 Å². The first kappa shape index (κ1) is 13.1. The zero-order chi connectivity index (χ0) is 11.8. The molecule has 1 rings (SSSR count). The van der Waals surface area contributed by atoms with Crippen LogP contribution in [0.4, 0.5) is 0 Å². The van der Waals surface area contributed by atoms with E-state index < -0.39 is 0 Å². The number of aromatic nitrogens is 3. The molecule has 6 heteroatoms. The van der Waals surface area contributed by atoms with Gasteiger partial charge in [-0.25, -0.2) is 4.98 Å². The van der Waals surface area contributed by atoms with Crippen molar-refractivity contribution in [2.45, 2.75) is 25.9 Å². The molecule has 92 valence electrons. The lowest BCUT2D eigenvalue weighted by atomic mass is 10.2. The molecule has 0 saturated carbocycles. The van der Waals surface area contributed by atoms with Crippen LogP contribution in [0.15, 0.2) is 6.33 Å². The van der Waals surface area contributed by atoms with Crippen LogP contribution in [0.5, 0.6) is 0 Å². The third-order valence-corrected chi connectivity index (χ3v) is 2.20. The van der Waals surface area contributed by atoms with Crippen molar-refractivity contribution < 1.29 is 9.47 Å². The summed E-state index contributed by atoms with van der Waals surface area (Å²) in [7, 11) is 1.65. The Morgan fingerprint density at radius 2 is 2.31 bits per heavy atom. The average molecular weight is 228 g/mol. The fourth-order valence-corrected chi connectivity index (χ4v) is 1.38. The molecule has 0 amide bonds. The number of ether oxygens (including phenoxy) is 2. The summed E-state index contributed by atoms with van der Waals surface area (Å²) in [5.74, 6) is 0.908. The minimum atomic E-state index is -0.0497. The first-order chi connectivity index (χ1) is 7.77. The molecule has 1 atom stereocenters. The van der Waals surface area contributed by atoms with Gasteiger partial charge >= 0.3 is 0 Å². The number of rotatable bonds is 8. The molecule has 0 aliphatic carbocycles. The van der Waals surface area contributed by atoms with Gasteiger partial charge in [-0.15, -0.1) is 0 Å². The molecule has 1 aromatic rings. The van der Waals surface area contributed by atoms with Crippen LogP contribution in [0.2, 0.25) is 0 Å². The molecule has 0 aliphatic heterocycles. The van der Waals surface area contributed by atoms with Crippen molar-refractivity contribution in [3.05, 3.63) is 12.2 Å². The monoisotopic (exact) mass is 228 g/mol. The smallest absolute Gasteiger partial charge is 0.138 e. The molecule has 0 saturated heterocycles. The fraction of sp³-hybridized carbons (Fsp3) is 0.800. The maximum atomic E-state index is 5.92. The van der Waals surface area contributed by atoms with Crippen LogP contribution >= 0.6 is 0 Å². The Hall–Kier alpha value is -0.980. The Balaban J connectivity index is 2.25. The van der Waals surface area contributed by atoms with Crippen LogP contribution in [-0.4, -0.2) is 47.7 Å². The van der Waals surface area contributed by atoms with Crippen LogP contribution < -0.4 is 5.73 Å². The summed E-state index contributed by atoms with van der Waals surface area (Å²) in [6.07, 6.45) is 2.23. The molecule has 1 heterocycles. The Labute approximate surface area is 95.7 Å². The minimum absolute atomic E-state index is 0.0497. The summed E-state index contributed by atoms with van der Waals surface area (Å²) in [4.78, 5) is 4.16. The molecule has 1 aromatic heterocycles. The van der Waals surface area contributed by atoms with Gasteiger partial charge in [0.25, 0.3) is 0 Å². The van der Waals surface area contributed by atoms with Crippen molar-refractivity contribution in [3.8, 4) is 0 Å². The summed E-state index contributed by atoms with van der Waals surface area (Å²) >= 11 is 0. The van der Waals surface area contributed by atoms with E-state index in [0.717, 1.165) is 12.4 Å². The Bertz CT molecular complexity index is 290. The van der Waals surface area contributed by atoms with Gasteiger partial charge < -0.3 is 15.2 Å². The molecule has 0 spiro atoms. The van der Waals surface area contributed by atoms with Crippen LogP contribution in [-0.2, 0) is 22.4 Å². The van der Waals surface area contributed by atoms with E-state index in [0.29, 0.717) is 26.2 Å². The topological polar surface area (TPSA) is 75.2 Å². The number of nitrogens with zero attached hydrogens (tertiary/aromatic N) is 3. The lowest BCUT2D eigenvalue weighted by Crippen LogP contribution is -2.30. The molecule has 0 fully saturated rings. The molecule has 16 heavy (non-hydrogen) atoms. The highest BCUT2D eigenvalue weighted by Crippen LogP contribution is 1.98. The third kappa shape index (κ3) is 4.26. The van der Waals surface area contributed by atoms with Gasteiger partial charge in [0.2, 0.25) is 0 Å². The van der Waals surface area contributed by atoms with E-state index in [1.165, 1.54) is 0 Å². The zero-order valence-corrected chi connectivity index (χ0v) is 9.93. The first-order valence-electron chi connectivity index (χ1n) is 5.46. The van der Waals surface area contributed by atoms with Crippen molar-refractivity contribution in [2.24, 2.45) is 5.73 Å². The number of nitrogens with two attached hydrogens (primary N) is 1. The van der Waals surface area contributed by atoms with Gasteiger partial charge in [0.1, 0.15) is 12.2 Å². The Kier molecular flexibility index (Phi) is 5.99. The van der Waals surface area contributed by atoms with Gasteiger partial charge in [-0.05, 0) is 6.92 Å². The molecule has 6 nitrogen and oxygen atoms in total. The molecule has 0 aromatic carbocycles. The normalized spacial score (nSPS) is 12.9. The Morgan fingerprint density at radius 1 is 1.50 bits per heavy atom. The zero-order valence-electron chi connectivity index (χ0n) is 9.93. The van der Waals surface area contributed by atoms with E-state index in [1.807, 2.05) is 11.6 Å². The summed E-state index contributed by atoms with van der Waals surface area (Å²) in [5.41, 5.74) is 5.92. The van der Waals surface area contributed by atoms with Crippen molar-refractivity contribution in [2.75, 3.05) is 26.9 Å². The minimum Gasteiger partial charge on any atom is -0.382 e. The number of hydrogen-bond donors (Lipinski definition) is 1. The summed E-state index contributed by atoms with van der Waals surface area (Å²) in [5, 5.41) is 4.09. The SMILES string of the molecule is CCn1ncnc1CC(N)COCCOC. The van der Waals surface area contributed by atoms with E-state index in [4.69, 9.17) is 15.2 Å². The number of methoxy groups -OCH3 is 1. The predicted molar refractivity (Wildman–Crippen MR) is 60.1 cm³/mol. The first-order valence-corrected chi connectivity index (χ1v) is 5.46. The number of aryl methyl sites for hydroxylation is 1. The molecule has 2 N–H and O–H groups in total. The van der Waals surface area contributed by atoms with E-state index in [9.17, 15) is 0 Å². The lowest BCUT2D eigenvalue weighted by Gasteiger charge is -2.11. The van der Waals surface area contributed by atoms with Gasteiger partial charge in [-0.2, -0.15) is 5.10 Å². The summed E-state index contributed by atoms with van der Waals surface area (Å²) in [6, 6.07) is -0.0497. The molecule has 0 bridgehead atoms. The number of hydrogen-bond acceptors (Lipinski definition) is 5. The fourth-order valence-electron chi connectivity index (χ4n) is 1.38. The Morgan fingerprint density at radius 3 is 3.00 bits per heavy atom. The van der Waals surface area contributed by atoms with Crippen molar-refractivity contribution >= 4 is 0 Å². The second kappa shape index (κ2) is 7.32. The molecular formula is C10H20N4O2. The van der Waals surface area contributed by atoms with Crippen molar-refractivity contribution in [1.82, 2.24) is 14.8 Å². The largest absolute Gasteiger partial charge is 0.382 e. The lowest BCUT2D eigenvalue weighted by molar-refractivity contribution is 0.0633. The third-order valence-electron chi connectivity index (χ3n) is 2.20. The van der Waals surface area contributed by atoms with Gasteiger partial charge in [-0.3, -0.25) is 4.68 Å². The maximum absolute atomic E-state index is 5.92. The standard InChI is InChI=1S/C10H20N4O2/c1-3-14-10(12-8-13-14)6-9(11)7-16-5-4-15-2/h8-9H,3-7,11H2,1-2H3. The highest BCUT2D eigenvalue weighted by molar-refractivity contribution is 4.88.